The predicted octanol–water partition coefficient (Wildman–Crippen LogP) is 0.785. The lowest BCUT2D eigenvalue weighted by Gasteiger charge is -2.00. The van der Waals surface area contributed by atoms with Crippen LogP contribution in [0.5, 0.6) is 11.5 Å². The Morgan fingerprint density at radius 1 is 1.31 bits per heavy atom. The Hall–Kier alpha value is -1.76. The van der Waals surface area contributed by atoms with Gasteiger partial charge in [0.25, 0.3) is 0 Å². The Morgan fingerprint density at radius 2 is 2.00 bits per heavy atom. The molecule has 0 saturated carbocycles. The maximum atomic E-state index is 5.23. The summed E-state index contributed by atoms with van der Waals surface area (Å²) >= 11 is 3.38. The summed E-state index contributed by atoms with van der Waals surface area (Å²) in [5.41, 5.74) is 11.1. The lowest BCUT2D eigenvalue weighted by Crippen LogP contribution is -2.21. The zero-order valence-corrected chi connectivity index (χ0v) is 9.77. The Balaban J connectivity index is 2.28. The summed E-state index contributed by atoms with van der Waals surface area (Å²) in [6, 6.07) is 3.59. The second-order valence-electron chi connectivity index (χ2n) is 3.00. The zero-order chi connectivity index (χ0) is 11.5. The van der Waals surface area contributed by atoms with Crippen molar-refractivity contribution in [2.24, 2.45) is 21.7 Å². The number of halogens is 1. The topological polar surface area (TPSA) is 95.2 Å². The van der Waals surface area contributed by atoms with Crippen LogP contribution in [0.15, 0.2) is 26.8 Å². The smallest absolute Gasteiger partial charge is 0.231 e. The molecule has 1 aromatic rings. The molecule has 2 rings (SSSR count). The molecule has 4 N–H and O–H groups in total. The Kier molecular flexibility index (Phi) is 2.95. The fraction of sp³-hybridized carbons (Fsp3) is 0.111. The summed E-state index contributed by atoms with van der Waals surface area (Å²) in [6.45, 7) is 0.232. The highest BCUT2D eigenvalue weighted by Gasteiger charge is 2.15. The first-order valence-electron chi connectivity index (χ1n) is 4.38. The molecular formula is C9H9BrN4O2. The van der Waals surface area contributed by atoms with Gasteiger partial charge in [0.05, 0.1) is 6.21 Å². The molecule has 0 unspecified atom stereocenters. The van der Waals surface area contributed by atoms with E-state index in [0.29, 0.717) is 11.5 Å². The molecule has 0 aliphatic carbocycles. The molecule has 7 heteroatoms. The van der Waals surface area contributed by atoms with E-state index >= 15 is 0 Å². The van der Waals surface area contributed by atoms with Crippen molar-refractivity contribution in [3.8, 4) is 11.5 Å². The Morgan fingerprint density at radius 3 is 2.69 bits per heavy atom. The largest absolute Gasteiger partial charge is 0.454 e. The summed E-state index contributed by atoms with van der Waals surface area (Å²) in [4.78, 5) is 0. The van der Waals surface area contributed by atoms with Gasteiger partial charge in [-0.2, -0.15) is 5.10 Å². The van der Waals surface area contributed by atoms with E-state index in [-0.39, 0.29) is 12.8 Å². The third-order valence-electron chi connectivity index (χ3n) is 1.86. The van der Waals surface area contributed by atoms with Gasteiger partial charge in [-0.25, -0.2) is 0 Å². The molecule has 16 heavy (non-hydrogen) atoms. The average Bonchev–Trinajstić information content (AvgIpc) is 2.64. The molecule has 0 bridgehead atoms. The van der Waals surface area contributed by atoms with E-state index in [4.69, 9.17) is 20.9 Å². The Labute approximate surface area is 100 Å². The van der Waals surface area contributed by atoms with E-state index in [2.05, 4.69) is 26.1 Å². The van der Waals surface area contributed by atoms with Gasteiger partial charge in [-0.05, 0) is 28.1 Å². The molecule has 0 amide bonds. The average molecular weight is 285 g/mol. The molecule has 6 nitrogen and oxygen atoms in total. The van der Waals surface area contributed by atoms with Crippen molar-refractivity contribution in [3.05, 3.63) is 22.2 Å². The molecule has 0 fully saturated rings. The SMILES string of the molecule is NC(N)=NN=Cc1cc2c(cc1Br)OCO2. The second kappa shape index (κ2) is 4.40. The van der Waals surface area contributed by atoms with Crippen molar-refractivity contribution in [1.82, 2.24) is 0 Å². The number of nitrogens with zero attached hydrogens (tertiary/aromatic N) is 2. The summed E-state index contributed by atoms with van der Waals surface area (Å²) < 4.78 is 11.3. The van der Waals surface area contributed by atoms with Crippen LogP contribution in [-0.4, -0.2) is 19.0 Å². The molecule has 0 spiro atoms. The van der Waals surface area contributed by atoms with Crippen molar-refractivity contribution in [2.45, 2.75) is 0 Å². The van der Waals surface area contributed by atoms with Crippen LogP contribution in [0.2, 0.25) is 0 Å². The standard InChI is InChI=1S/C9H9BrN4O2/c10-6-2-8-7(15-4-16-8)1-5(6)3-13-14-9(11)12/h1-3H,4H2,(H4,11,12,14). The summed E-state index contributed by atoms with van der Waals surface area (Å²) in [5, 5.41) is 7.22. The molecule has 0 aromatic heterocycles. The van der Waals surface area contributed by atoms with Crippen molar-refractivity contribution in [1.29, 1.82) is 0 Å². The van der Waals surface area contributed by atoms with Crippen molar-refractivity contribution in [2.75, 3.05) is 6.79 Å². The lowest BCUT2D eigenvalue weighted by molar-refractivity contribution is 0.174. The summed E-state index contributed by atoms with van der Waals surface area (Å²) in [5.74, 6) is 1.29. The molecule has 1 aliphatic rings. The van der Waals surface area contributed by atoms with E-state index in [9.17, 15) is 0 Å². The molecule has 84 valence electrons. The van der Waals surface area contributed by atoms with Crippen LogP contribution >= 0.6 is 15.9 Å². The number of guanidine groups is 1. The fourth-order valence-corrected chi connectivity index (χ4v) is 1.61. The molecular weight excluding hydrogens is 276 g/mol. The minimum absolute atomic E-state index is 0.0897. The van der Waals surface area contributed by atoms with Crippen LogP contribution < -0.4 is 20.9 Å². The molecule has 1 aliphatic heterocycles. The number of fused-ring (bicyclic) bond motifs is 1. The fourth-order valence-electron chi connectivity index (χ4n) is 1.19. The van der Waals surface area contributed by atoms with Crippen LogP contribution in [0.25, 0.3) is 0 Å². The number of hydrogen-bond acceptors (Lipinski definition) is 4. The van der Waals surface area contributed by atoms with Crippen molar-refractivity contribution in [3.63, 3.8) is 0 Å². The first-order chi connectivity index (χ1) is 7.66. The van der Waals surface area contributed by atoms with Crippen LogP contribution in [0.4, 0.5) is 0 Å². The highest BCUT2D eigenvalue weighted by atomic mass is 79.9. The van der Waals surface area contributed by atoms with E-state index in [1.54, 1.807) is 12.1 Å². The van der Waals surface area contributed by atoms with Gasteiger partial charge >= 0.3 is 0 Å². The minimum Gasteiger partial charge on any atom is -0.454 e. The first kappa shape index (κ1) is 10.7. The van der Waals surface area contributed by atoms with Crippen molar-refractivity contribution >= 4 is 28.1 Å². The first-order valence-corrected chi connectivity index (χ1v) is 5.17. The van der Waals surface area contributed by atoms with Gasteiger partial charge in [-0.3, -0.25) is 0 Å². The molecule has 0 saturated heterocycles. The van der Waals surface area contributed by atoms with Gasteiger partial charge in [-0.1, -0.05) is 0 Å². The maximum absolute atomic E-state index is 5.23. The Bertz CT molecular complexity index is 469. The van der Waals surface area contributed by atoms with Crippen LogP contribution in [-0.2, 0) is 0 Å². The quantitative estimate of drug-likeness (QED) is 0.477. The van der Waals surface area contributed by atoms with Crippen molar-refractivity contribution < 1.29 is 9.47 Å². The third kappa shape index (κ3) is 2.25. The second-order valence-corrected chi connectivity index (χ2v) is 3.85. The van der Waals surface area contributed by atoms with Gasteiger partial charge in [0, 0.05) is 10.0 Å². The van der Waals surface area contributed by atoms with Crippen LogP contribution in [0, 0.1) is 0 Å². The molecule has 1 heterocycles. The van der Waals surface area contributed by atoms with E-state index in [1.165, 1.54) is 6.21 Å². The van der Waals surface area contributed by atoms with Gasteiger partial charge in [0.15, 0.2) is 11.5 Å². The molecule has 1 aromatic carbocycles. The maximum Gasteiger partial charge on any atom is 0.231 e. The molecule has 0 atom stereocenters. The van der Waals surface area contributed by atoms with E-state index in [0.717, 1.165) is 10.0 Å². The minimum atomic E-state index is -0.0897. The van der Waals surface area contributed by atoms with Gasteiger partial charge in [-0.15, -0.1) is 5.10 Å². The number of benzene rings is 1. The number of ether oxygens (including phenoxy) is 2. The van der Waals surface area contributed by atoms with E-state index < -0.39 is 0 Å². The van der Waals surface area contributed by atoms with E-state index in [1.807, 2.05) is 0 Å². The van der Waals surface area contributed by atoms with Gasteiger partial charge in [0.2, 0.25) is 12.8 Å². The number of nitrogens with two attached hydrogens (primary N) is 2. The third-order valence-corrected chi connectivity index (χ3v) is 2.55. The highest BCUT2D eigenvalue weighted by molar-refractivity contribution is 9.10. The predicted molar refractivity (Wildman–Crippen MR) is 63.7 cm³/mol. The van der Waals surface area contributed by atoms with Gasteiger partial charge in [0.1, 0.15) is 0 Å². The molecule has 0 radical (unpaired) electrons. The zero-order valence-electron chi connectivity index (χ0n) is 8.18. The van der Waals surface area contributed by atoms with Crippen LogP contribution in [0.3, 0.4) is 0 Å². The summed E-state index contributed by atoms with van der Waals surface area (Å²) in [7, 11) is 0. The normalized spacial score (nSPS) is 13.1. The highest BCUT2D eigenvalue weighted by Crippen LogP contribution is 2.36. The van der Waals surface area contributed by atoms with Gasteiger partial charge < -0.3 is 20.9 Å². The lowest BCUT2D eigenvalue weighted by atomic mass is 10.2. The van der Waals surface area contributed by atoms with Crippen LogP contribution in [0.1, 0.15) is 5.56 Å². The number of rotatable bonds is 2. The number of hydrogen-bond donors (Lipinski definition) is 2. The monoisotopic (exact) mass is 284 g/mol. The summed E-state index contributed by atoms with van der Waals surface area (Å²) in [6.07, 6.45) is 1.52.